The minimum Gasteiger partial charge on any atom is -0.487 e. The van der Waals surface area contributed by atoms with Crippen LogP contribution in [0.4, 0.5) is 0 Å². The second-order valence-corrected chi connectivity index (χ2v) is 8.06. The summed E-state index contributed by atoms with van der Waals surface area (Å²) in [5, 5.41) is 0.351. The van der Waals surface area contributed by atoms with Gasteiger partial charge in [-0.15, -0.1) is 0 Å². The van der Waals surface area contributed by atoms with Crippen LogP contribution in [0.3, 0.4) is 0 Å². The first-order chi connectivity index (χ1) is 10.8. The molecule has 1 aliphatic rings. The van der Waals surface area contributed by atoms with Crippen molar-refractivity contribution in [3.63, 3.8) is 0 Å². The molecule has 0 radical (unpaired) electrons. The molecule has 1 fully saturated rings. The van der Waals surface area contributed by atoms with E-state index in [1.807, 2.05) is 6.92 Å². The lowest BCUT2D eigenvalue weighted by Gasteiger charge is -2.30. The third kappa shape index (κ3) is 4.58. The summed E-state index contributed by atoms with van der Waals surface area (Å²) in [6.07, 6.45) is 1.02. The molecule has 0 saturated carbocycles. The Morgan fingerprint density at radius 3 is 2.65 bits per heavy atom. The fourth-order valence-corrected chi connectivity index (χ4v) is 4.37. The van der Waals surface area contributed by atoms with Crippen molar-refractivity contribution >= 4 is 21.6 Å². The molecular weight excluding hydrogens is 340 g/mol. The minimum absolute atomic E-state index is 0.0539. The van der Waals surface area contributed by atoms with Gasteiger partial charge >= 0.3 is 0 Å². The highest BCUT2D eigenvalue weighted by atomic mass is 35.5. The summed E-state index contributed by atoms with van der Waals surface area (Å²) in [5.41, 5.74) is 5.85. The maximum atomic E-state index is 12.9. The lowest BCUT2D eigenvalue weighted by molar-refractivity contribution is 0.0900. The summed E-state index contributed by atoms with van der Waals surface area (Å²) in [7, 11) is -2.11. The Labute approximate surface area is 142 Å². The average molecular weight is 363 g/mol. The van der Waals surface area contributed by atoms with Gasteiger partial charge < -0.3 is 15.2 Å². The Morgan fingerprint density at radius 1 is 1.39 bits per heavy atom. The van der Waals surface area contributed by atoms with Crippen LogP contribution in [0.1, 0.15) is 19.8 Å². The number of rotatable bonds is 6. The molecule has 0 bridgehead atoms. The highest BCUT2D eigenvalue weighted by molar-refractivity contribution is 7.89. The smallest absolute Gasteiger partial charge is 0.246 e. The van der Waals surface area contributed by atoms with Crippen LogP contribution in [0, 0.1) is 0 Å². The van der Waals surface area contributed by atoms with Gasteiger partial charge in [0.1, 0.15) is 16.7 Å². The van der Waals surface area contributed by atoms with Gasteiger partial charge in [0.2, 0.25) is 10.0 Å². The van der Waals surface area contributed by atoms with E-state index < -0.39 is 10.0 Å². The second kappa shape index (κ2) is 7.81. The summed E-state index contributed by atoms with van der Waals surface area (Å²) in [5.74, 6) is 0.286. The van der Waals surface area contributed by atoms with Crippen LogP contribution >= 0.6 is 11.6 Å². The topological polar surface area (TPSA) is 81.9 Å². The Hall–Kier alpha value is -0.860. The van der Waals surface area contributed by atoms with E-state index in [1.165, 1.54) is 10.4 Å². The summed E-state index contributed by atoms with van der Waals surface area (Å²) in [6, 6.07) is 4.68. The molecule has 2 rings (SSSR count). The molecule has 1 unspecified atom stereocenters. The molecular formula is C15H23ClN2O4S. The molecule has 6 nitrogen and oxygen atoms in total. The lowest BCUT2D eigenvalue weighted by Crippen LogP contribution is -2.42. The highest BCUT2D eigenvalue weighted by Gasteiger charge is 2.31. The number of methoxy groups -OCH3 is 1. The van der Waals surface area contributed by atoms with Gasteiger partial charge in [-0.2, -0.15) is 4.31 Å². The zero-order valence-electron chi connectivity index (χ0n) is 13.4. The van der Waals surface area contributed by atoms with Crippen molar-refractivity contribution in [1.82, 2.24) is 4.31 Å². The summed E-state index contributed by atoms with van der Waals surface area (Å²) in [4.78, 5) is 0.0865. The summed E-state index contributed by atoms with van der Waals surface area (Å²) < 4.78 is 38.0. The molecule has 23 heavy (non-hydrogen) atoms. The van der Waals surface area contributed by atoms with Gasteiger partial charge in [-0.1, -0.05) is 11.6 Å². The molecule has 1 saturated heterocycles. The van der Waals surface area contributed by atoms with Crippen LogP contribution in [0.2, 0.25) is 5.02 Å². The second-order valence-electron chi connectivity index (χ2n) is 5.72. The third-order valence-electron chi connectivity index (χ3n) is 3.75. The molecule has 0 aromatic heterocycles. The molecule has 0 amide bonds. The van der Waals surface area contributed by atoms with E-state index in [2.05, 4.69) is 0 Å². The Morgan fingerprint density at radius 2 is 2.04 bits per heavy atom. The largest absolute Gasteiger partial charge is 0.487 e. The SMILES string of the molecule is COCC(C)Oc1ccc(Cl)cc1S(=O)(=O)N1CCC(N)CC1. The van der Waals surface area contributed by atoms with Crippen molar-refractivity contribution in [2.45, 2.75) is 36.8 Å². The van der Waals surface area contributed by atoms with Gasteiger partial charge in [0.25, 0.3) is 0 Å². The number of piperidine rings is 1. The van der Waals surface area contributed by atoms with Crippen molar-refractivity contribution in [1.29, 1.82) is 0 Å². The summed E-state index contributed by atoms with van der Waals surface area (Å²) >= 11 is 6.00. The summed E-state index contributed by atoms with van der Waals surface area (Å²) in [6.45, 7) is 2.99. The van der Waals surface area contributed by atoms with E-state index in [1.54, 1.807) is 19.2 Å². The van der Waals surface area contributed by atoms with Crippen LogP contribution in [-0.2, 0) is 14.8 Å². The molecule has 130 valence electrons. The van der Waals surface area contributed by atoms with E-state index in [0.29, 0.717) is 37.6 Å². The first kappa shape index (κ1) is 18.5. The zero-order chi connectivity index (χ0) is 17.0. The lowest BCUT2D eigenvalue weighted by atomic mass is 10.1. The Kier molecular flexibility index (Phi) is 6.27. The van der Waals surface area contributed by atoms with Gasteiger partial charge in [0.05, 0.1) is 6.61 Å². The van der Waals surface area contributed by atoms with E-state index in [9.17, 15) is 8.42 Å². The van der Waals surface area contributed by atoms with Crippen LogP contribution in [0.15, 0.2) is 23.1 Å². The average Bonchev–Trinajstić information content (AvgIpc) is 2.49. The zero-order valence-corrected chi connectivity index (χ0v) is 14.9. The van der Waals surface area contributed by atoms with Crippen LogP contribution in [0.5, 0.6) is 5.75 Å². The molecule has 0 aliphatic carbocycles. The fourth-order valence-electron chi connectivity index (χ4n) is 2.52. The highest BCUT2D eigenvalue weighted by Crippen LogP contribution is 2.31. The molecule has 1 aromatic carbocycles. The van der Waals surface area contributed by atoms with Gasteiger partial charge in [0.15, 0.2) is 0 Å². The predicted molar refractivity (Wildman–Crippen MR) is 89.4 cm³/mol. The third-order valence-corrected chi connectivity index (χ3v) is 5.91. The van der Waals surface area contributed by atoms with Crippen LogP contribution in [0.25, 0.3) is 0 Å². The molecule has 1 heterocycles. The standard InChI is InChI=1S/C15H23ClN2O4S/c1-11(10-21-2)22-14-4-3-12(16)9-15(14)23(19,20)18-7-5-13(17)6-8-18/h3-4,9,11,13H,5-8,10,17H2,1-2H3. The number of sulfonamides is 1. The van der Waals surface area contributed by atoms with Gasteiger partial charge in [-0.25, -0.2) is 8.42 Å². The number of benzene rings is 1. The van der Waals surface area contributed by atoms with E-state index in [-0.39, 0.29) is 22.8 Å². The van der Waals surface area contributed by atoms with Crippen LogP contribution < -0.4 is 10.5 Å². The normalized spacial score (nSPS) is 18.8. The van der Waals surface area contributed by atoms with Crippen LogP contribution in [-0.4, -0.2) is 51.7 Å². The van der Waals surface area contributed by atoms with Gasteiger partial charge in [-0.3, -0.25) is 0 Å². The van der Waals surface area contributed by atoms with Crippen molar-refractivity contribution < 1.29 is 17.9 Å². The monoisotopic (exact) mass is 362 g/mol. The van der Waals surface area contributed by atoms with Crippen molar-refractivity contribution in [2.24, 2.45) is 5.73 Å². The first-order valence-corrected chi connectivity index (χ1v) is 9.37. The Bertz CT molecular complexity index is 630. The number of hydrogen-bond donors (Lipinski definition) is 1. The van der Waals surface area contributed by atoms with E-state index in [0.717, 1.165) is 0 Å². The predicted octanol–water partition coefficient (Wildman–Crippen LogP) is 1.87. The van der Waals surface area contributed by atoms with Gasteiger partial charge in [-0.05, 0) is 38.0 Å². The molecule has 1 atom stereocenters. The van der Waals surface area contributed by atoms with Crippen molar-refractivity contribution in [3.8, 4) is 5.75 Å². The maximum Gasteiger partial charge on any atom is 0.246 e. The number of hydrogen-bond acceptors (Lipinski definition) is 5. The molecule has 2 N–H and O–H groups in total. The first-order valence-electron chi connectivity index (χ1n) is 7.55. The number of halogens is 1. The van der Waals surface area contributed by atoms with Crippen molar-refractivity contribution in [2.75, 3.05) is 26.8 Å². The molecule has 8 heteroatoms. The Balaban J connectivity index is 2.31. The quantitative estimate of drug-likeness (QED) is 0.835. The number of ether oxygens (including phenoxy) is 2. The fraction of sp³-hybridized carbons (Fsp3) is 0.600. The van der Waals surface area contributed by atoms with E-state index >= 15 is 0 Å². The molecule has 0 spiro atoms. The number of nitrogens with zero attached hydrogens (tertiary/aromatic N) is 1. The number of nitrogens with two attached hydrogens (primary N) is 1. The van der Waals surface area contributed by atoms with E-state index in [4.69, 9.17) is 26.8 Å². The van der Waals surface area contributed by atoms with Crippen molar-refractivity contribution in [3.05, 3.63) is 23.2 Å². The minimum atomic E-state index is -3.67. The van der Waals surface area contributed by atoms with Gasteiger partial charge in [0, 0.05) is 31.3 Å². The maximum absolute atomic E-state index is 12.9. The molecule has 1 aromatic rings. The molecule has 1 aliphatic heterocycles.